The smallest absolute Gasteiger partial charge is 0.344 e. The van der Waals surface area contributed by atoms with E-state index in [9.17, 15) is 9.59 Å². The maximum Gasteiger partial charge on any atom is 0.344 e. The van der Waals surface area contributed by atoms with Crippen LogP contribution in [0.25, 0.3) is 45.1 Å². The van der Waals surface area contributed by atoms with Gasteiger partial charge >= 0.3 is 5.63 Å². The van der Waals surface area contributed by atoms with Crippen molar-refractivity contribution in [1.29, 1.82) is 0 Å². The number of carbonyl (C=O) groups excluding carboxylic acids is 1. The third-order valence-electron chi connectivity index (χ3n) is 5.67. The van der Waals surface area contributed by atoms with Gasteiger partial charge in [0.05, 0.1) is 23.1 Å². The van der Waals surface area contributed by atoms with Gasteiger partial charge in [-0.2, -0.15) is 4.98 Å². The summed E-state index contributed by atoms with van der Waals surface area (Å²) in [5.74, 6) is 0.706. The third kappa shape index (κ3) is 3.97. The fraction of sp³-hybridized carbons (Fsp3) is 0. The van der Waals surface area contributed by atoms with Crippen LogP contribution in [0.5, 0.6) is 0 Å². The van der Waals surface area contributed by atoms with Crippen molar-refractivity contribution >= 4 is 22.6 Å². The second-order valence-corrected chi connectivity index (χ2v) is 7.96. The van der Waals surface area contributed by atoms with E-state index in [1.54, 1.807) is 66.7 Å². The molecule has 3 heterocycles. The second kappa shape index (κ2) is 8.84. The lowest BCUT2D eigenvalue weighted by atomic mass is 10.0. The second-order valence-electron chi connectivity index (χ2n) is 7.96. The molecule has 3 aromatic heterocycles. The number of para-hydroxylation sites is 2. The Bertz CT molecular complexity index is 1750. The number of fused-ring (bicyclic) bond motifs is 1. The largest absolute Gasteiger partial charge is 0.461 e. The normalized spacial score (nSPS) is 11.0. The van der Waals surface area contributed by atoms with Gasteiger partial charge in [0.1, 0.15) is 5.58 Å². The molecule has 0 bridgehead atoms. The maximum absolute atomic E-state index is 13.0. The van der Waals surface area contributed by atoms with Crippen molar-refractivity contribution in [2.75, 3.05) is 5.32 Å². The third-order valence-corrected chi connectivity index (χ3v) is 5.67. The number of aromatic nitrogens is 2. The highest BCUT2D eigenvalue weighted by Crippen LogP contribution is 2.29. The average Bonchev–Trinajstić information content (AvgIpc) is 3.61. The molecule has 6 aromatic rings. The molecule has 0 saturated carbocycles. The predicted octanol–water partition coefficient (Wildman–Crippen LogP) is 6.02. The van der Waals surface area contributed by atoms with Crippen LogP contribution in [0.15, 0.2) is 115 Å². The first-order chi connectivity index (χ1) is 17.7. The van der Waals surface area contributed by atoms with Gasteiger partial charge in [-0.1, -0.05) is 47.6 Å². The molecule has 1 N–H and O–H groups in total. The van der Waals surface area contributed by atoms with E-state index in [0.29, 0.717) is 45.1 Å². The number of amides is 1. The molecule has 174 valence electrons. The van der Waals surface area contributed by atoms with E-state index < -0.39 is 5.63 Å². The van der Waals surface area contributed by atoms with Gasteiger partial charge in [0.2, 0.25) is 5.82 Å². The molecule has 3 aromatic carbocycles. The van der Waals surface area contributed by atoms with Crippen molar-refractivity contribution in [3.8, 4) is 34.2 Å². The number of hydrogen-bond donors (Lipinski definition) is 1. The molecule has 0 aliphatic carbocycles. The van der Waals surface area contributed by atoms with Crippen LogP contribution in [0.2, 0.25) is 0 Å². The summed E-state index contributed by atoms with van der Waals surface area (Å²) in [5, 5.41) is 7.67. The van der Waals surface area contributed by atoms with Gasteiger partial charge in [-0.3, -0.25) is 4.79 Å². The quantitative estimate of drug-likeness (QED) is 0.303. The van der Waals surface area contributed by atoms with Crippen LogP contribution in [-0.4, -0.2) is 16.0 Å². The van der Waals surface area contributed by atoms with Crippen molar-refractivity contribution in [3.63, 3.8) is 0 Å². The molecular weight excluding hydrogens is 458 g/mol. The number of hydrogen-bond acceptors (Lipinski definition) is 7. The van der Waals surface area contributed by atoms with Crippen molar-refractivity contribution < 1.29 is 18.2 Å². The molecule has 0 aliphatic heterocycles. The first-order valence-electron chi connectivity index (χ1n) is 11.1. The minimum absolute atomic E-state index is 0.246. The zero-order valence-electron chi connectivity index (χ0n) is 18.7. The molecule has 8 nitrogen and oxygen atoms in total. The molecule has 0 fully saturated rings. The standard InChI is InChI=1S/C28H17N3O5/c32-26(18-13-11-17(12-14-18)21-16-19-6-1-4-9-23(19)35-28(21)33)29-22-8-3-2-7-20(22)27-30-25(31-36-27)24-10-5-15-34-24/h1-16H,(H,29,32). The van der Waals surface area contributed by atoms with Crippen molar-refractivity contribution in [3.05, 3.63) is 113 Å². The lowest BCUT2D eigenvalue weighted by molar-refractivity contribution is 0.102. The lowest BCUT2D eigenvalue weighted by Crippen LogP contribution is -2.12. The van der Waals surface area contributed by atoms with Crippen LogP contribution in [0.4, 0.5) is 5.69 Å². The zero-order chi connectivity index (χ0) is 24.5. The van der Waals surface area contributed by atoms with Gasteiger partial charge in [-0.05, 0) is 54.1 Å². The van der Waals surface area contributed by atoms with E-state index in [-0.39, 0.29) is 11.8 Å². The molecule has 0 saturated heterocycles. The Labute approximate surface area is 203 Å². The SMILES string of the molecule is O=C(Nc1ccccc1-c1nc(-c2ccco2)no1)c1ccc(-c2cc3ccccc3oc2=O)cc1. The van der Waals surface area contributed by atoms with E-state index in [1.807, 2.05) is 24.3 Å². The number of furan rings is 1. The zero-order valence-corrected chi connectivity index (χ0v) is 18.7. The van der Waals surface area contributed by atoms with Gasteiger partial charge in [-0.25, -0.2) is 4.79 Å². The minimum atomic E-state index is -0.437. The Morgan fingerprint density at radius 1 is 0.833 bits per heavy atom. The minimum Gasteiger partial charge on any atom is -0.461 e. The molecule has 0 spiro atoms. The number of rotatable bonds is 5. The summed E-state index contributed by atoms with van der Waals surface area (Å²) in [7, 11) is 0. The Hall–Kier alpha value is -5.24. The van der Waals surface area contributed by atoms with Gasteiger partial charge in [-0.15, -0.1) is 0 Å². The number of benzene rings is 3. The highest BCUT2D eigenvalue weighted by Gasteiger charge is 2.17. The highest BCUT2D eigenvalue weighted by atomic mass is 16.5. The summed E-state index contributed by atoms with van der Waals surface area (Å²) in [5.41, 5.74) is 2.67. The van der Waals surface area contributed by atoms with Crippen molar-refractivity contribution in [2.24, 2.45) is 0 Å². The van der Waals surface area contributed by atoms with Crippen LogP contribution in [0.3, 0.4) is 0 Å². The molecule has 6 rings (SSSR count). The lowest BCUT2D eigenvalue weighted by Gasteiger charge is -2.09. The maximum atomic E-state index is 13.0. The molecule has 36 heavy (non-hydrogen) atoms. The van der Waals surface area contributed by atoms with Gasteiger partial charge < -0.3 is 18.7 Å². The van der Waals surface area contributed by atoms with Crippen LogP contribution < -0.4 is 10.9 Å². The van der Waals surface area contributed by atoms with E-state index in [1.165, 1.54) is 6.26 Å². The first-order valence-corrected chi connectivity index (χ1v) is 11.1. The van der Waals surface area contributed by atoms with Crippen LogP contribution in [0, 0.1) is 0 Å². The topological polar surface area (TPSA) is 111 Å². The van der Waals surface area contributed by atoms with Gasteiger partial charge in [0.15, 0.2) is 5.76 Å². The Balaban J connectivity index is 1.25. The van der Waals surface area contributed by atoms with E-state index in [0.717, 1.165) is 5.39 Å². The van der Waals surface area contributed by atoms with Crippen LogP contribution in [0.1, 0.15) is 10.4 Å². The molecule has 0 atom stereocenters. The number of anilines is 1. The van der Waals surface area contributed by atoms with Gasteiger partial charge in [0, 0.05) is 10.9 Å². The molecule has 0 aliphatic rings. The predicted molar refractivity (Wildman–Crippen MR) is 133 cm³/mol. The Morgan fingerprint density at radius 3 is 2.47 bits per heavy atom. The number of carbonyl (C=O) groups is 1. The Morgan fingerprint density at radius 2 is 1.64 bits per heavy atom. The summed E-state index contributed by atoms with van der Waals surface area (Å²) in [6.07, 6.45) is 1.53. The van der Waals surface area contributed by atoms with Gasteiger partial charge in [0.25, 0.3) is 11.8 Å². The monoisotopic (exact) mass is 475 g/mol. The van der Waals surface area contributed by atoms with Crippen LogP contribution in [-0.2, 0) is 0 Å². The molecule has 0 radical (unpaired) electrons. The number of nitrogens with zero attached hydrogens (tertiary/aromatic N) is 2. The molecule has 1 amide bonds. The summed E-state index contributed by atoms with van der Waals surface area (Å²) < 4.78 is 16.1. The van der Waals surface area contributed by atoms with E-state index >= 15 is 0 Å². The molecular formula is C28H17N3O5. The summed E-state index contributed by atoms with van der Waals surface area (Å²) >= 11 is 0. The van der Waals surface area contributed by atoms with Crippen molar-refractivity contribution in [2.45, 2.75) is 0 Å². The van der Waals surface area contributed by atoms with E-state index in [4.69, 9.17) is 13.4 Å². The average molecular weight is 475 g/mol. The summed E-state index contributed by atoms with van der Waals surface area (Å²) in [4.78, 5) is 29.9. The van der Waals surface area contributed by atoms with Crippen LogP contribution >= 0.6 is 0 Å². The molecule has 8 heteroatoms. The highest BCUT2D eigenvalue weighted by molar-refractivity contribution is 6.06. The fourth-order valence-corrected chi connectivity index (χ4v) is 3.88. The summed E-state index contributed by atoms with van der Waals surface area (Å²) in [6, 6.07) is 26.4. The fourth-order valence-electron chi connectivity index (χ4n) is 3.88. The first kappa shape index (κ1) is 21.3. The Kier molecular flexibility index (Phi) is 5.23. The van der Waals surface area contributed by atoms with E-state index in [2.05, 4.69) is 15.5 Å². The van der Waals surface area contributed by atoms with Crippen molar-refractivity contribution in [1.82, 2.24) is 10.1 Å². The number of nitrogens with one attached hydrogen (secondary N) is 1. The summed E-state index contributed by atoms with van der Waals surface area (Å²) in [6.45, 7) is 0. The molecule has 0 unspecified atom stereocenters.